The van der Waals surface area contributed by atoms with Crippen LogP contribution in [0.3, 0.4) is 0 Å². The molecule has 0 atom stereocenters. The highest BCUT2D eigenvalue weighted by Crippen LogP contribution is 2.27. The van der Waals surface area contributed by atoms with Crippen molar-refractivity contribution in [3.8, 4) is 11.5 Å². The first kappa shape index (κ1) is 17.5. The van der Waals surface area contributed by atoms with Gasteiger partial charge in [0.05, 0.1) is 11.8 Å². The summed E-state index contributed by atoms with van der Waals surface area (Å²) in [7, 11) is 0. The van der Waals surface area contributed by atoms with E-state index in [1.165, 1.54) is 0 Å². The van der Waals surface area contributed by atoms with Gasteiger partial charge in [-0.2, -0.15) is 13.2 Å². The number of nitrogens with zero attached hydrogens (tertiary/aromatic N) is 5. The van der Waals surface area contributed by atoms with Gasteiger partial charge in [0, 0.05) is 44.1 Å². The van der Waals surface area contributed by atoms with Crippen molar-refractivity contribution >= 4 is 5.91 Å². The maximum atomic E-state index is 12.5. The largest absolute Gasteiger partial charge is 0.433 e. The van der Waals surface area contributed by atoms with Crippen LogP contribution in [0, 0.1) is 0 Å². The Morgan fingerprint density at radius 1 is 1.08 bits per heavy atom. The van der Waals surface area contributed by atoms with E-state index in [9.17, 15) is 18.0 Å². The second-order valence-electron chi connectivity index (χ2n) is 5.22. The third-order valence-corrected chi connectivity index (χ3v) is 3.46. The molecule has 134 valence electrons. The lowest BCUT2D eigenvalue weighted by molar-refractivity contribution is -0.141. The summed E-state index contributed by atoms with van der Waals surface area (Å²) < 4.78 is 39.2. The maximum Gasteiger partial charge on any atom is 0.433 e. The van der Waals surface area contributed by atoms with Crippen LogP contribution in [0.15, 0.2) is 49.3 Å². The molecule has 0 aromatic carbocycles. The lowest BCUT2D eigenvalue weighted by Crippen LogP contribution is -2.27. The van der Waals surface area contributed by atoms with Gasteiger partial charge in [-0.15, -0.1) is 0 Å². The van der Waals surface area contributed by atoms with E-state index in [0.717, 1.165) is 18.3 Å². The monoisotopic (exact) mass is 362 g/mol. The van der Waals surface area contributed by atoms with Gasteiger partial charge in [-0.1, -0.05) is 0 Å². The minimum atomic E-state index is -4.53. The Balaban J connectivity index is 1.59. The van der Waals surface area contributed by atoms with E-state index < -0.39 is 17.8 Å². The molecule has 0 radical (unpaired) electrons. The molecule has 3 aromatic rings. The summed E-state index contributed by atoms with van der Waals surface area (Å²) in [5.41, 5.74) is -0.394. The van der Waals surface area contributed by atoms with Gasteiger partial charge >= 0.3 is 6.18 Å². The number of rotatable bonds is 5. The van der Waals surface area contributed by atoms with E-state index in [4.69, 9.17) is 0 Å². The fourth-order valence-electron chi connectivity index (χ4n) is 2.23. The topological polar surface area (TPSA) is 85.6 Å². The summed E-state index contributed by atoms with van der Waals surface area (Å²) >= 11 is 0. The van der Waals surface area contributed by atoms with E-state index in [1.54, 1.807) is 35.6 Å². The van der Waals surface area contributed by atoms with Crippen LogP contribution in [0.25, 0.3) is 11.5 Å². The quantitative estimate of drug-likeness (QED) is 0.752. The zero-order valence-corrected chi connectivity index (χ0v) is 13.3. The lowest BCUT2D eigenvalue weighted by Gasteiger charge is -2.09. The number of pyridine rings is 1. The molecule has 10 heteroatoms. The van der Waals surface area contributed by atoms with Gasteiger partial charge in [0.1, 0.15) is 11.4 Å². The molecule has 0 bridgehead atoms. The van der Waals surface area contributed by atoms with E-state index >= 15 is 0 Å². The SMILES string of the molecule is O=C(NCCn1ccnc1-c1cnccn1)c1ccc(C(F)(F)F)nc1. The molecule has 0 unspecified atom stereocenters. The molecule has 0 saturated heterocycles. The molecule has 0 spiro atoms. The molecule has 0 saturated carbocycles. The van der Waals surface area contributed by atoms with Gasteiger partial charge in [-0.25, -0.2) is 9.97 Å². The zero-order valence-electron chi connectivity index (χ0n) is 13.3. The first-order chi connectivity index (χ1) is 12.4. The Morgan fingerprint density at radius 3 is 2.58 bits per heavy atom. The van der Waals surface area contributed by atoms with Crippen molar-refractivity contribution in [2.75, 3.05) is 6.54 Å². The Labute approximate surface area is 146 Å². The molecule has 1 N–H and O–H groups in total. The van der Waals surface area contributed by atoms with Crippen molar-refractivity contribution < 1.29 is 18.0 Å². The molecule has 26 heavy (non-hydrogen) atoms. The van der Waals surface area contributed by atoms with Gasteiger partial charge in [0.2, 0.25) is 0 Å². The predicted octanol–water partition coefficient (Wildman–Crippen LogP) is 2.18. The van der Waals surface area contributed by atoms with Gasteiger partial charge in [-0.05, 0) is 12.1 Å². The number of aromatic nitrogens is 5. The molecular formula is C16H13F3N6O. The first-order valence-electron chi connectivity index (χ1n) is 7.54. The van der Waals surface area contributed by atoms with Crippen molar-refractivity contribution in [2.24, 2.45) is 0 Å². The van der Waals surface area contributed by atoms with E-state index in [2.05, 4.69) is 25.3 Å². The van der Waals surface area contributed by atoms with E-state index in [1.807, 2.05) is 0 Å². The van der Waals surface area contributed by atoms with Crippen LogP contribution in [0.2, 0.25) is 0 Å². The van der Waals surface area contributed by atoms with Crippen molar-refractivity contribution in [1.29, 1.82) is 0 Å². The fourth-order valence-corrected chi connectivity index (χ4v) is 2.23. The number of nitrogens with one attached hydrogen (secondary N) is 1. The summed E-state index contributed by atoms with van der Waals surface area (Å²) in [6.07, 6.45) is 4.38. The Kier molecular flexibility index (Phi) is 4.92. The number of hydrogen-bond donors (Lipinski definition) is 1. The number of alkyl halides is 3. The van der Waals surface area contributed by atoms with Gasteiger partial charge in [0.25, 0.3) is 5.91 Å². The highest BCUT2D eigenvalue weighted by atomic mass is 19.4. The van der Waals surface area contributed by atoms with Crippen molar-refractivity contribution in [3.05, 3.63) is 60.6 Å². The second-order valence-corrected chi connectivity index (χ2v) is 5.22. The first-order valence-corrected chi connectivity index (χ1v) is 7.54. The molecule has 0 fully saturated rings. The zero-order chi connectivity index (χ0) is 18.6. The molecule has 3 rings (SSSR count). The highest BCUT2D eigenvalue weighted by Gasteiger charge is 2.32. The van der Waals surface area contributed by atoms with Gasteiger partial charge in [0.15, 0.2) is 5.82 Å². The van der Waals surface area contributed by atoms with Crippen LogP contribution in [0.1, 0.15) is 16.1 Å². The Bertz CT molecular complexity index is 877. The van der Waals surface area contributed by atoms with Crippen molar-refractivity contribution in [1.82, 2.24) is 29.8 Å². The number of hydrogen-bond acceptors (Lipinski definition) is 5. The third-order valence-electron chi connectivity index (χ3n) is 3.46. The minimum Gasteiger partial charge on any atom is -0.350 e. The number of halogens is 3. The molecule has 0 aliphatic rings. The lowest BCUT2D eigenvalue weighted by atomic mass is 10.2. The number of carbonyl (C=O) groups excluding carboxylic acids is 1. The third kappa shape index (κ3) is 4.02. The molecule has 3 heterocycles. The van der Waals surface area contributed by atoms with Crippen LogP contribution in [0.5, 0.6) is 0 Å². The molecule has 0 aliphatic carbocycles. The second kappa shape index (κ2) is 7.30. The summed E-state index contributed by atoms with van der Waals surface area (Å²) in [5.74, 6) is 0.0935. The highest BCUT2D eigenvalue weighted by molar-refractivity contribution is 5.93. The molecule has 3 aromatic heterocycles. The summed E-state index contributed by atoms with van der Waals surface area (Å²) in [4.78, 5) is 27.6. The predicted molar refractivity (Wildman–Crippen MR) is 84.8 cm³/mol. The fraction of sp³-hybridized carbons (Fsp3) is 0.188. The average Bonchev–Trinajstić information content (AvgIpc) is 3.10. The minimum absolute atomic E-state index is 0.0535. The molecular weight excluding hydrogens is 349 g/mol. The molecule has 0 aliphatic heterocycles. The van der Waals surface area contributed by atoms with E-state index in [-0.39, 0.29) is 12.1 Å². The number of imidazole rings is 1. The van der Waals surface area contributed by atoms with Crippen molar-refractivity contribution in [2.45, 2.75) is 12.7 Å². The molecule has 7 nitrogen and oxygen atoms in total. The smallest absolute Gasteiger partial charge is 0.350 e. The summed E-state index contributed by atoms with van der Waals surface area (Å²) in [5, 5.41) is 2.63. The van der Waals surface area contributed by atoms with Crippen LogP contribution < -0.4 is 5.32 Å². The van der Waals surface area contributed by atoms with Crippen molar-refractivity contribution in [3.63, 3.8) is 0 Å². The number of carbonyl (C=O) groups is 1. The van der Waals surface area contributed by atoms with E-state index in [0.29, 0.717) is 18.1 Å². The van der Waals surface area contributed by atoms with Crippen LogP contribution in [0.4, 0.5) is 13.2 Å². The van der Waals surface area contributed by atoms with Crippen LogP contribution >= 0.6 is 0 Å². The Morgan fingerprint density at radius 2 is 1.92 bits per heavy atom. The van der Waals surface area contributed by atoms with Gasteiger partial charge in [-0.3, -0.25) is 14.8 Å². The van der Waals surface area contributed by atoms with Crippen LogP contribution in [-0.4, -0.2) is 37.0 Å². The van der Waals surface area contributed by atoms with Crippen LogP contribution in [-0.2, 0) is 12.7 Å². The Hall–Kier alpha value is -3.30. The summed E-state index contributed by atoms with van der Waals surface area (Å²) in [6.45, 7) is 0.662. The normalized spacial score (nSPS) is 11.3. The summed E-state index contributed by atoms with van der Waals surface area (Å²) in [6, 6.07) is 1.87. The van der Waals surface area contributed by atoms with Gasteiger partial charge < -0.3 is 9.88 Å². The maximum absolute atomic E-state index is 12.5. The average molecular weight is 362 g/mol. The number of amides is 1. The molecule has 1 amide bonds. The standard InChI is InChI=1S/C16H13F3N6O/c17-16(18,19)13-2-1-11(9-24-13)15(26)23-6-8-25-7-5-22-14(25)12-10-20-3-4-21-12/h1-5,7,9-10H,6,8H2,(H,23,26).